The maximum absolute atomic E-state index is 13.6. The number of sulfonamides is 1. The SMILES string of the molecule is C[C@@H]1[C@@H](C)CCC[C@@H]([C@H]2OC[C@H](N(C)C3CC3)CO2)[C@@H]2CC[C@H]2CN2C[C@@]3(CCCc4cc(Cl)ccc43)COc3ccc(cc32)C(=O)NS1(=O)=O. The number of fused-ring (bicyclic) bond motifs is 4. The number of anilines is 1. The summed E-state index contributed by atoms with van der Waals surface area (Å²) in [5, 5.41) is 0.0366. The molecule has 3 fully saturated rings. The highest BCUT2D eigenvalue weighted by Gasteiger charge is 2.47. The third-order valence-electron chi connectivity index (χ3n) is 13.5. The molecule has 3 aliphatic carbocycles. The highest BCUT2D eigenvalue weighted by molar-refractivity contribution is 7.90. The van der Waals surface area contributed by atoms with Crippen LogP contribution in [0.4, 0.5) is 5.69 Å². The molecule has 6 aliphatic rings. The van der Waals surface area contributed by atoms with Crippen LogP contribution in [0.1, 0.15) is 93.1 Å². The fourth-order valence-corrected chi connectivity index (χ4v) is 11.2. The molecule has 1 spiro atoms. The molecule has 1 N–H and O–H groups in total. The molecule has 2 aromatic carbocycles. The van der Waals surface area contributed by atoms with Crippen molar-refractivity contribution in [3.8, 4) is 5.75 Å². The van der Waals surface area contributed by atoms with Crippen LogP contribution < -0.4 is 14.4 Å². The minimum absolute atomic E-state index is 0.119. The molecular formula is C40H54ClN3O6S. The van der Waals surface area contributed by atoms with Crippen LogP contribution in [-0.2, 0) is 31.3 Å². The number of ether oxygens (including phenoxy) is 3. The van der Waals surface area contributed by atoms with E-state index < -0.39 is 21.2 Å². The van der Waals surface area contributed by atoms with Crippen molar-refractivity contribution in [1.82, 2.24) is 9.62 Å². The molecule has 1 amide bonds. The van der Waals surface area contributed by atoms with Crippen molar-refractivity contribution in [3.63, 3.8) is 0 Å². The Labute approximate surface area is 308 Å². The predicted molar refractivity (Wildman–Crippen MR) is 199 cm³/mol. The number of hydrogen-bond acceptors (Lipinski definition) is 8. The van der Waals surface area contributed by atoms with E-state index in [-0.39, 0.29) is 29.6 Å². The molecule has 0 unspecified atom stereocenters. The zero-order valence-corrected chi connectivity index (χ0v) is 31.9. The number of benzene rings is 2. The lowest BCUT2D eigenvalue weighted by molar-refractivity contribution is -0.242. The smallest absolute Gasteiger partial charge is 0.264 e. The number of nitrogens with one attached hydrogen (secondary N) is 1. The van der Waals surface area contributed by atoms with Crippen molar-refractivity contribution >= 4 is 33.2 Å². The van der Waals surface area contributed by atoms with Gasteiger partial charge in [0.25, 0.3) is 5.91 Å². The van der Waals surface area contributed by atoms with Crippen molar-refractivity contribution in [2.45, 2.75) is 107 Å². The predicted octanol–water partition coefficient (Wildman–Crippen LogP) is 6.56. The Kier molecular flexibility index (Phi) is 9.87. The van der Waals surface area contributed by atoms with Crippen LogP contribution in [0.5, 0.6) is 5.75 Å². The number of carbonyl (C=O) groups is 1. The standard InChI is InChI=1S/C40H54ClN3O6S/c1-25-6-4-8-34(39-48-21-32(22-49-39)43(3)31-12-13-31)33-14-9-29(33)20-44-23-40(17-5-7-27-18-30(41)11-15-35(27)40)24-50-37-16-10-28(19-36(37)44)38(45)42-51(46,47)26(25)2/h10-11,15-16,18-19,25-26,29,31-34,39H,4-9,12-14,17,20-24H2,1-3H3,(H,42,45)/t25-,26+,29-,32-,33+,34+,39-,40-/m0/s1. The van der Waals surface area contributed by atoms with E-state index in [4.69, 9.17) is 25.8 Å². The Morgan fingerprint density at radius 1 is 0.941 bits per heavy atom. The first kappa shape index (κ1) is 35.6. The lowest BCUT2D eigenvalue weighted by Gasteiger charge is -2.49. The van der Waals surface area contributed by atoms with E-state index in [9.17, 15) is 13.2 Å². The second-order valence-electron chi connectivity index (χ2n) is 16.6. The van der Waals surface area contributed by atoms with Gasteiger partial charge in [0, 0.05) is 41.1 Å². The van der Waals surface area contributed by atoms with Crippen LogP contribution >= 0.6 is 11.6 Å². The Bertz CT molecular complexity index is 1730. The van der Waals surface area contributed by atoms with Gasteiger partial charge in [0.1, 0.15) is 5.75 Å². The molecule has 2 aromatic rings. The molecule has 278 valence electrons. The molecule has 0 radical (unpaired) electrons. The van der Waals surface area contributed by atoms with Crippen LogP contribution in [0.3, 0.4) is 0 Å². The minimum Gasteiger partial charge on any atom is -0.490 e. The van der Waals surface area contributed by atoms with Gasteiger partial charge in [-0.3, -0.25) is 9.69 Å². The van der Waals surface area contributed by atoms with E-state index in [1.54, 1.807) is 13.0 Å². The van der Waals surface area contributed by atoms with Crippen molar-refractivity contribution in [2.75, 3.05) is 44.9 Å². The highest BCUT2D eigenvalue weighted by Crippen LogP contribution is 2.49. The van der Waals surface area contributed by atoms with Gasteiger partial charge in [-0.25, -0.2) is 13.1 Å². The average molecular weight is 740 g/mol. The average Bonchev–Trinajstić information content (AvgIpc) is 3.97. The summed E-state index contributed by atoms with van der Waals surface area (Å²) in [4.78, 5) is 18.5. The van der Waals surface area contributed by atoms with Gasteiger partial charge in [-0.05, 0) is 131 Å². The summed E-state index contributed by atoms with van der Waals surface area (Å²) in [6.07, 6.45) is 10.1. The molecular weight excluding hydrogens is 686 g/mol. The van der Waals surface area contributed by atoms with Gasteiger partial charge in [-0.15, -0.1) is 0 Å². The van der Waals surface area contributed by atoms with Gasteiger partial charge in [0.2, 0.25) is 10.0 Å². The molecule has 3 heterocycles. The quantitative estimate of drug-likeness (QED) is 0.379. The number of halogens is 1. The summed E-state index contributed by atoms with van der Waals surface area (Å²) < 4.78 is 49.4. The maximum Gasteiger partial charge on any atom is 0.264 e. The molecule has 51 heavy (non-hydrogen) atoms. The number of carbonyl (C=O) groups excluding carboxylic acids is 1. The summed E-state index contributed by atoms with van der Waals surface area (Å²) >= 11 is 6.49. The Morgan fingerprint density at radius 2 is 1.75 bits per heavy atom. The molecule has 6 atom stereocenters. The monoisotopic (exact) mass is 739 g/mol. The van der Waals surface area contributed by atoms with Crippen molar-refractivity contribution in [2.24, 2.45) is 23.7 Å². The molecule has 1 saturated heterocycles. The molecule has 2 bridgehead atoms. The zero-order chi connectivity index (χ0) is 35.5. The second kappa shape index (κ2) is 14.1. The van der Waals surface area contributed by atoms with Crippen molar-refractivity contribution in [1.29, 1.82) is 0 Å². The van der Waals surface area contributed by atoms with Crippen LogP contribution in [0.2, 0.25) is 5.02 Å². The van der Waals surface area contributed by atoms with Gasteiger partial charge < -0.3 is 19.1 Å². The van der Waals surface area contributed by atoms with E-state index in [2.05, 4.69) is 33.7 Å². The number of hydrogen-bond donors (Lipinski definition) is 1. The van der Waals surface area contributed by atoms with Gasteiger partial charge >= 0.3 is 0 Å². The fraction of sp³-hybridized carbons (Fsp3) is 0.675. The first-order valence-corrected chi connectivity index (χ1v) is 21.3. The van der Waals surface area contributed by atoms with Gasteiger partial charge in [-0.1, -0.05) is 31.0 Å². The van der Waals surface area contributed by atoms with Crippen molar-refractivity contribution in [3.05, 3.63) is 58.1 Å². The summed E-state index contributed by atoms with van der Waals surface area (Å²) in [6, 6.07) is 12.6. The first-order valence-electron chi connectivity index (χ1n) is 19.3. The largest absolute Gasteiger partial charge is 0.490 e. The second-order valence-corrected chi connectivity index (χ2v) is 19.1. The number of amides is 1. The molecule has 11 heteroatoms. The lowest BCUT2D eigenvalue weighted by atomic mass is 9.64. The summed E-state index contributed by atoms with van der Waals surface area (Å²) in [5.74, 6) is 1.08. The topological polar surface area (TPSA) is 97.4 Å². The molecule has 8 rings (SSSR count). The first-order chi connectivity index (χ1) is 24.5. The van der Waals surface area contributed by atoms with E-state index >= 15 is 0 Å². The van der Waals surface area contributed by atoms with Crippen LogP contribution in [0, 0.1) is 23.7 Å². The fourth-order valence-electron chi connectivity index (χ4n) is 9.74. The van der Waals surface area contributed by atoms with Crippen LogP contribution in [0.25, 0.3) is 0 Å². The maximum atomic E-state index is 13.6. The summed E-state index contributed by atoms with van der Waals surface area (Å²) in [6.45, 7) is 7.15. The van der Waals surface area contributed by atoms with E-state index in [1.807, 2.05) is 25.1 Å². The third-order valence-corrected chi connectivity index (χ3v) is 15.6. The normalized spacial score (nSPS) is 35.5. The number of rotatable bonds is 3. The van der Waals surface area contributed by atoms with E-state index in [1.165, 1.54) is 24.0 Å². The number of aryl methyl sites for hydroxylation is 1. The Morgan fingerprint density at radius 3 is 2.49 bits per heavy atom. The molecule has 0 aromatic heterocycles. The van der Waals surface area contributed by atoms with Crippen LogP contribution in [-0.4, -0.2) is 82.8 Å². The Balaban J connectivity index is 1.14. The zero-order valence-electron chi connectivity index (χ0n) is 30.3. The summed E-state index contributed by atoms with van der Waals surface area (Å²) in [7, 11) is -1.71. The Hall–Kier alpha value is -2.37. The van der Waals surface area contributed by atoms with Gasteiger partial charge in [0.15, 0.2) is 6.29 Å². The van der Waals surface area contributed by atoms with E-state index in [0.717, 1.165) is 80.9 Å². The van der Waals surface area contributed by atoms with Crippen LogP contribution in [0.15, 0.2) is 36.4 Å². The summed E-state index contributed by atoms with van der Waals surface area (Å²) in [5.41, 5.74) is 3.51. The number of likely N-dealkylation sites (N-methyl/N-ethyl adjacent to an activating group) is 1. The van der Waals surface area contributed by atoms with E-state index in [0.29, 0.717) is 43.3 Å². The lowest BCUT2D eigenvalue weighted by Crippen LogP contribution is -2.52. The number of nitrogens with zero attached hydrogens (tertiary/aromatic N) is 2. The minimum atomic E-state index is -3.90. The highest BCUT2D eigenvalue weighted by atomic mass is 35.5. The molecule has 2 saturated carbocycles. The molecule has 9 nitrogen and oxygen atoms in total. The van der Waals surface area contributed by atoms with Gasteiger partial charge in [0.05, 0.1) is 36.8 Å². The molecule has 3 aliphatic heterocycles. The van der Waals surface area contributed by atoms with Crippen molar-refractivity contribution < 1.29 is 27.4 Å². The van der Waals surface area contributed by atoms with Gasteiger partial charge in [-0.2, -0.15) is 0 Å². The third kappa shape index (κ3) is 7.05.